The van der Waals surface area contributed by atoms with E-state index in [1.165, 1.54) is 0 Å². The number of nitrogens with one attached hydrogen (secondary N) is 1. The molecule has 0 spiro atoms. The summed E-state index contributed by atoms with van der Waals surface area (Å²) in [5, 5.41) is 15.4. The van der Waals surface area contributed by atoms with Crippen molar-refractivity contribution in [1.82, 2.24) is 19.7 Å². The van der Waals surface area contributed by atoms with E-state index in [4.69, 9.17) is 9.84 Å². The number of hydrogen-bond donors (Lipinski definition) is 1. The van der Waals surface area contributed by atoms with Gasteiger partial charge in [0.15, 0.2) is 5.82 Å². The predicted molar refractivity (Wildman–Crippen MR) is 156 cm³/mol. The molecule has 0 aliphatic heterocycles. The van der Waals surface area contributed by atoms with Crippen molar-refractivity contribution >= 4 is 22.6 Å². The smallest absolute Gasteiger partial charge is 0.259 e. The average Bonchev–Trinajstić information content (AvgIpc) is 3.44. The topological polar surface area (TPSA) is 96.6 Å². The second-order valence-corrected chi connectivity index (χ2v) is 9.12. The first-order valence-corrected chi connectivity index (χ1v) is 12.7. The fraction of sp³-hybridized carbons (Fsp3) is 0.0303. The summed E-state index contributed by atoms with van der Waals surface area (Å²) >= 11 is 0. The quantitative estimate of drug-likeness (QED) is 0.245. The summed E-state index contributed by atoms with van der Waals surface area (Å²) in [4.78, 5) is 20.0. The number of para-hydroxylation sites is 2. The molecule has 0 aliphatic carbocycles. The lowest BCUT2D eigenvalue weighted by atomic mass is 10.1. The molecule has 2 aromatic heterocycles. The first-order chi connectivity index (χ1) is 19.7. The Hall–Kier alpha value is -5.74. The number of benzene rings is 4. The molecule has 0 radical (unpaired) electrons. The summed E-state index contributed by atoms with van der Waals surface area (Å²) in [6, 6.07) is 36.6. The molecule has 6 aromatic rings. The van der Waals surface area contributed by atoms with Crippen LogP contribution in [0.25, 0.3) is 39.5 Å². The Kier molecular flexibility index (Phi) is 6.72. The second-order valence-electron chi connectivity index (χ2n) is 9.12. The van der Waals surface area contributed by atoms with Crippen LogP contribution in [0, 0.1) is 11.3 Å². The summed E-state index contributed by atoms with van der Waals surface area (Å²) in [7, 11) is 0. The highest BCUT2D eigenvalue weighted by atomic mass is 16.5. The normalized spacial score (nSPS) is 11.3. The predicted octanol–water partition coefficient (Wildman–Crippen LogP) is 6.42. The van der Waals surface area contributed by atoms with Gasteiger partial charge in [0.25, 0.3) is 5.56 Å². The van der Waals surface area contributed by atoms with E-state index in [-0.39, 0.29) is 17.0 Å². The van der Waals surface area contributed by atoms with E-state index in [2.05, 4.69) is 16.0 Å². The van der Waals surface area contributed by atoms with Gasteiger partial charge in [0.2, 0.25) is 0 Å². The van der Waals surface area contributed by atoms with Gasteiger partial charge in [0.05, 0.1) is 22.2 Å². The SMILES string of the molecule is N#C/C(=C\c1cn(-c2ccccc2)nc1-c1cccc(OCc2ccccc2)c1)c1nc2ccccc2c(=O)[nH]1. The lowest BCUT2D eigenvalue weighted by molar-refractivity contribution is 0.306. The summed E-state index contributed by atoms with van der Waals surface area (Å²) in [6.45, 7) is 0.440. The number of nitrogens with zero attached hydrogens (tertiary/aromatic N) is 4. The molecule has 40 heavy (non-hydrogen) atoms. The lowest BCUT2D eigenvalue weighted by Gasteiger charge is -2.08. The molecule has 0 bridgehead atoms. The summed E-state index contributed by atoms with van der Waals surface area (Å²) in [6.07, 6.45) is 3.56. The number of hydrogen-bond acceptors (Lipinski definition) is 5. The van der Waals surface area contributed by atoms with Crippen molar-refractivity contribution in [2.24, 2.45) is 0 Å². The molecular weight excluding hydrogens is 498 g/mol. The first-order valence-electron chi connectivity index (χ1n) is 12.7. The van der Waals surface area contributed by atoms with Gasteiger partial charge in [-0.25, -0.2) is 9.67 Å². The van der Waals surface area contributed by atoms with Gasteiger partial charge in [-0.05, 0) is 48.0 Å². The van der Waals surface area contributed by atoms with E-state index in [0.717, 1.165) is 16.8 Å². The molecule has 0 saturated carbocycles. The highest BCUT2D eigenvalue weighted by molar-refractivity contribution is 5.91. The number of ether oxygens (including phenoxy) is 1. The third-order valence-electron chi connectivity index (χ3n) is 6.41. The number of nitriles is 1. The number of allylic oxidation sites excluding steroid dienone is 1. The fourth-order valence-corrected chi connectivity index (χ4v) is 4.43. The molecule has 0 fully saturated rings. The van der Waals surface area contributed by atoms with Gasteiger partial charge < -0.3 is 9.72 Å². The Morgan fingerprint density at radius 3 is 2.48 bits per heavy atom. The van der Waals surface area contributed by atoms with Crippen LogP contribution < -0.4 is 10.3 Å². The Bertz CT molecular complexity index is 1930. The van der Waals surface area contributed by atoms with Gasteiger partial charge in [0, 0.05) is 17.3 Å². The van der Waals surface area contributed by atoms with Crippen LogP contribution in [0.15, 0.2) is 120 Å². The van der Waals surface area contributed by atoms with E-state index >= 15 is 0 Å². The van der Waals surface area contributed by atoms with Crippen molar-refractivity contribution in [1.29, 1.82) is 5.26 Å². The van der Waals surface area contributed by atoms with Crippen molar-refractivity contribution in [3.8, 4) is 28.8 Å². The summed E-state index contributed by atoms with van der Waals surface area (Å²) < 4.78 is 7.83. The van der Waals surface area contributed by atoms with Gasteiger partial charge in [-0.15, -0.1) is 0 Å². The maximum Gasteiger partial charge on any atom is 0.259 e. The van der Waals surface area contributed by atoms with Crippen molar-refractivity contribution in [3.05, 3.63) is 143 Å². The van der Waals surface area contributed by atoms with Gasteiger partial charge in [-0.3, -0.25) is 4.79 Å². The molecule has 0 atom stereocenters. The molecule has 0 aliphatic rings. The molecule has 1 N–H and O–H groups in total. The highest BCUT2D eigenvalue weighted by Crippen LogP contribution is 2.30. The molecule has 4 aromatic carbocycles. The Morgan fingerprint density at radius 1 is 0.925 bits per heavy atom. The Labute approximate surface area is 230 Å². The monoisotopic (exact) mass is 521 g/mol. The van der Waals surface area contributed by atoms with Crippen LogP contribution in [0.2, 0.25) is 0 Å². The minimum Gasteiger partial charge on any atom is -0.489 e. The molecule has 2 heterocycles. The van der Waals surface area contributed by atoms with Crippen molar-refractivity contribution in [3.63, 3.8) is 0 Å². The third-order valence-corrected chi connectivity index (χ3v) is 6.41. The minimum atomic E-state index is -0.301. The molecular formula is C33H23N5O2. The second kappa shape index (κ2) is 10.9. The van der Waals surface area contributed by atoms with Gasteiger partial charge in [-0.1, -0.05) is 72.8 Å². The van der Waals surface area contributed by atoms with Crippen molar-refractivity contribution in [2.45, 2.75) is 6.61 Å². The van der Waals surface area contributed by atoms with E-state index in [1.807, 2.05) is 97.2 Å². The van der Waals surface area contributed by atoms with Crippen LogP contribution in [0.5, 0.6) is 5.75 Å². The largest absolute Gasteiger partial charge is 0.489 e. The van der Waals surface area contributed by atoms with Crippen LogP contribution in [-0.4, -0.2) is 19.7 Å². The molecule has 192 valence electrons. The maximum absolute atomic E-state index is 12.7. The summed E-state index contributed by atoms with van der Waals surface area (Å²) in [5.74, 6) is 0.899. The molecule has 6 rings (SSSR count). The standard InChI is InChI=1S/C33H23N5O2/c34-20-25(32-35-30-17-8-7-16-29(30)33(39)36-32)18-26-21-38(27-13-5-2-6-14-27)37-31(26)24-12-9-15-28(19-24)40-22-23-10-3-1-4-11-23/h1-19,21H,22H2,(H,35,36,39)/b25-18+. The van der Waals surface area contributed by atoms with Crippen molar-refractivity contribution < 1.29 is 4.74 Å². The van der Waals surface area contributed by atoms with Crippen LogP contribution in [0.1, 0.15) is 17.0 Å². The van der Waals surface area contributed by atoms with Crippen LogP contribution in [0.3, 0.4) is 0 Å². The van der Waals surface area contributed by atoms with E-state index in [0.29, 0.717) is 34.5 Å². The Morgan fingerprint density at radius 2 is 1.68 bits per heavy atom. The number of rotatable bonds is 7. The molecule has 0 saturated heterocycles. The highest BCUT2D eigenvalue weighted by Gasteiger charge is 2.15. The van der Waals surface area contributed by atoms with Crippen molar-refractivity contribution in [2.75, 3.05) is 0 Å². The number of aromatic amines is 1. The number of fused-ring (bicyclic) bond motifs is 1. The molecule has 0 unspecified atom stereocenters. The third kappa shape index (κ3) is 5.15. The first kappa shape index (κ1) is 24.6. The summed E-state index contributed by atoms with van der Waals surface area (Å²) in [5.41, 5.74) is 4.55. The van der Waals surface area contributed by atoms with E-state index in [1.54, 1.807) is 29.0 Å². The molecule has 7 heteroatoms. The Balaban J connectivity index is 1.43. The van der Waals surface area contributed by atoms with E-state index in [9.17, 15) is 10.1 Å². The van der Waals surface area contributed by atoms with Crippen LogP contribution in [0.4, 0.5) is 0 Å². The number of H-pyrrole nitrogens is 1. The lowest BCUT2D eigenvalue weighted by Crippen LogP contribution is -2.11. The minimum absolute atomic E-state index is 0.199. The van der Waals surface area contributed by atoms with Crippen LogP contribution in [-0.2, 0) is 6.61 Å². The molecule has 7 nitrogen and oxygen atoms in total. The van der Waals surface area contributed by atoms with E-state index < -0.39 is 0 Å². The zero-order valence-corrected chi connectivity index (χ0v) is 21.4. The zero-order chi connectivity index (χ0) is 27.3. The average molecular weight is 522 g/mol. The number of aromatic nitrogens is 4. The van der Waals surface area contributed by atoms with Gasteiger partial charge >= 0.3 is 0 Å². The van der Waals surface area contributed by atoms with Crippen LogP contribution >= 0.6 is 0 Å². The van der Waals surface area contributed by atoms with Gasteiger partial charge in [0.1, 0.15) is 24.1 Å². The maximum atomic E-state index is 12.7. The molecule has 0 amide bonds. The fourth-order valence-electron chi connectivity index (χ4n) is 4.43. The zero-order valence-electron chi connectivity index (χ0n) is 21.4. The van der Waals surface area contributed by atoms with Gasteiger partial charge in [-0.2, -0.15) is 10.4 Å².